The minimum atomic E-state index is -0.980. The lowest BCUT2D eigenvalue weighted by Gasteiger charge is -2.34. The van der Waals surface area contributed by atoms with Crippen molar-refractivity contribution in [1.82, 2.24) is 20.4 Å². The molecule has 2 bridgehead atoms. The molecule has 4 fully saturated rings. The van der Waals surface area contributed by atoms with Gasteiger partial charge in [0, 0.05) is 46.4 Å². The Kier molecular flexibility index (Phi) is 7.28. The summed E-state index contributed by atoms with van der Waals surface area (Å²) in [6.45, 7) is 6.65. The van der Waals surface area contributed by atoms with Gasteiger partial charge >= 0.3 is 0 Å². The van der Waals surface area contributed by atoms with Gasteiger partial charge < -0.3 is 30.1 Å². The molecule has 4 heterocycles. The molecule has 0 aliphatic carbocycles. The molecule has 0 radical (unpaired) electrons. The van der Waals surface area contributed by atoms with E-state index in [4.69, 9.17) is 9.47 Å². The van der Waals surface area contributed by atoms with Crippen LogP contribution in [0, 0.1) is 11.8 Å². The number of morpholine rings is 1. The van der Waals surface area contributed by atoms with Gasteiger partial charge in [0.1, 0.15) is 11.6 Å². The van der Waals surface area contributed by atoms with Crippen molar-refractivity contribution in [3.63, 3.8) is 0 Å². The maximum atomic E-state index is 13.7. The van der Waals surface area contributed by atoms with Crippen LogP contribution in [0.15, 0.2) is 0 Å². The predicted octanol–water partition coefficient (Wildman–Crippen LogP) is -0.892. The van der Waals surface area contributed by atoms with Gasteiger partial charge in [0.15, 0.2) is 0 Å². The first kappa shape index (κ1) is 24.4. The van der Waals surface area contributed by atoms with Crippen molar-refractivity contribution in [2.24, 2.45) is 11.8 Å². The van der Waals surface area contributed by atoms with Gasteiger partial charge in [-0.05, 0) is 32.1 Å². The largest absolute Gasteiger partial charge is 0.396 e. The van der Waals surface area contributed by atoms with Crippen LogP contribution >= 0.6 is 0 Å². The summed E-state index contributed by atoms with van der Waals surface area (Å²) in [4.78, 5) is 44.0. The first-order valence-corrected chi connectivity index (χ1v) is 12.3. The molecule has 3 N–H and O–H groups in total. The minimum absolute atomic E-state index is 0.0311. The summed E-state index contributed by atoms with van der Waals surface area (Å²) in [5.74, 6) is -1.84. The van der Waals surface area contributed by atoms with Crippen molar-refractivity contribution in [2.75, 3.05) is 59.6 Å². The SMILES string of the molecule is CC[C@]12CCC3(O1)C(C(=O)NCCN1CCOCC1)N(CCCCO)C(=O)[C@@H]3[C@H]2C(=O)NC. The molecule has 4 saturated heterocycles. The molecule has 2 unspecified atom stereocenters. The number of fused-ring (bicyclic) bond motifs is 1. The number of aliphatic hydroxyl groups excluding tert-OH is 1. The van der Waals surface area contributed by atoms with E-state index in [1.807, 2.05) is 6.92 Å². The zero-order valence-corrected chi connectivity index (χ0v) is 19.8. The average Bonchev–Trinajstić information content (AvgIpc) is 3.43. The van der Waals surface area contributed by atoms with Crippen LogP contribution < -0.4 is 10.6 Å². The smallest absolute Gasteiger partial charge is 0.245 e. The molecule has 5 atom stereocenters. The normalized spacial score (nSPS) is 35.7. The molecule has 3 amide bonds. The van der Waals surface area contributed by atoms with E-state index >= 15 is 0 Å². The number of nitrogens with one attached hydrogen (secondary N) is 2. The second-order valence-corrected chi connectivity index (χ2v) is 9.65. The van der Waals surface area contributed by atoms with Gasteiger partial charge in [0.2, 0.25) is 17.7 Å². The Balaban J connectivity index is 1.56. The summed E-state index contributed by atoms with van der Waals surface area (Å²) in [5, 5.41) is 15.0. The fourth-order valence-electron chi connectivity index (χ4n) is 6.47. The Bertz CT molecular complexity index is 759. The number of carbonyl (C=O) groups excluding carboxylic acids is 3. The van der Waals surface area contributed by atoms with Gasteiger partial charge in [-0.1, -0.05) is 6.92 Å². The Labute approximate surface area is 195 Å². The molecule has 0 aromatic rings. The number of nitrogens with zero attached hydrogens (tertiary/aromatic N) is 2. The van der Waals surface area contributed by atoms with Crippen LogP contribution in [0.25, 0.3) is 0 Å². The van der Waals surface area contributed by atoms with Crippen LogP contribution in [0.1, 0.15) is 39.0 Å². The summed E-state index contributed by atoms with van der Waals surface area (Å²) < 4.78 is 12.0. The number of carbonyl (C=O) groups is 3. The molecule has 10 nitrogen and oxygen atoms in total. The van der Waals surface area contributed by atoms with Gasteiger partial charge in [-0.3, -0.25) is 19.3 Å². The summed E-state index contributed by atoms with van der Waals surface area (Å²) in [6, 6.07) is -0.763. The second kappa shape index (κ2) is 9.85. The third kappa shape index (κ3) is 4.05. The van der Waals surface area contributed by atoms with E-state index in [1.165, 1.54) is 0 Å². The van der Waals surface area contributed by atoms with E-state index < -0.39 is 29.1 Å². The molecule has 10 heteroatoms. The predicted molar refractivity (Wildman–Crippen MR) is 119 cm³/mol. The quantitative estimate of drug-likeness (QED) is 0.357. The van der Waals surface area contributed by atoms with Gasteiger partial charge in [0.25, 0.3) is 0 Å². The molecule has 0 aromatic carbocycles. The molecule has 0 aromatic heterocycles. The van der Waals surface area contributed by atoms with E-state index in [9.17, 15) is 19.5 Å². The van der Waals surface area contributed by atoms with Gasteiger partial charge in [-0.15, -0.1) is 0 Å². The summed E-state index contributed by atoms with van der Waals surface area (Å²) in [7, 11) is 1.58. The van der Waals surface area contributed by atoms with Crippen LogP contribution in [-0.4, -0.2) is 109 Å². The van der Waals surface area contributed by atoms with Gasteiger partial charge in [0.05, 0.1) is 30.7 Å². The van der Waals surface area contributed by atoms with E-state index in [0.29, 0.717) is 58.4 Å². The highest BCUT2D eigenvalue weighted by Gasteiger charge is 2.78. The first-order chi connectivity index (χ1) is 15.9. The fourth-order valence-corrected chi connectivity index (χ4v) is 6.47. The van der Waals surface area contributed by atoms with Crippen LogP contribution in [-0.2, 0) is 23.9 Å². The Morgan fingerprint density at radius 1 is 1.15 bits per heavy atom. The van der Waals surface area contributed by atoms with Gasteiger partial charge in [-0.25, -0.2) is 0 Å². The highest BCUT2D eigenvalue weighted by atomic mass is 16.5. The summed E-state index contributed by atoms with van der Waals surface area (Å²) >= 11 is 0. The molecule has 4 aliphatic heterocycles. The van der Waals surface area contributed by atoms with E-state index in [2.05, 4.69) is 15.5 Å². The highest BCUT2D eigenvalue weighted by molar-refractivity contribution is 5.99. The van der Waals surface area contributed by atoms with E-state index in [0.717, 1.165) is 19.6 Å². The highest BCUT2D eigenvalue weighted by Crippen LogP contribution is 2.64. The van der Waals surface area contributed by atoms with Crippen molar-refractivity contribution in [3.05, 3.63) is 0 Å². The maximum Gasteiger partial charge on any atom is 0.245 e. The number of amides is 3. The lowest BCUT2D eigenvalue weighted by atomic mass is 9.65. The van der Waals surface area contributed by atoms with Crippen molar-refractivity contribution in [1.29, 1.82) is 0 Å². The summed E-state index contributed by atoms with van der Waals surface area (Å²) in [6.07, 6.45) is 3.00. The van der Waals surface area contributed by atoms with Crippen molar-refractivity contribution < 1.29 is 29.0 Å². The number of unbranched alkanes of at least 4 members (excludes halogenated alkanes) is 1. The number of ether oxygens (including phenoxy) is 2. The minimum Gasteiger partial charge on any atom is -0.396 e. The Morgan fingerprint density at radius 2 is 1.91 bits per heavy atom. The number of hydrogen-bond donors (Lipinski definition) is 3. The summed E-state index contributed by atoms with van der Waals surface area (Å²) in [5.41, 5.74) is -1.68. The molecule has 186 valence electrons. The Morgan fingerprint density at radius 3 is 2.58 bits per heavy atom. The molecule has 4 aliphatic rings. The van der Waals surface area contributed by atoms with Crippen molar-refractivity contribution >= 4 is 17.7 Å². The van der Waals surface area contributed by atoms with Gasteiger partial charge in [-0.2, -0.15) is 0 Å². The molecule has 0 saturated carbocycles. The molecule has 4 rings (SSSR count). The first-order valence-electron chi connectivity index (χ1n) is 12.3. The standard InChI is InChI=1S/C23H38N4O6/c1-3-22-6-7-23(33-22)17(16(22)19(29)24-2)21(31)27(9-4-5-13-28)18(23)20(30)25-8-10-26-11-14-32-15-12-26/h16-18,28H,3-15H2,1-2H3,(H,24,29)(H,25,30)/t16-,17-,18?,22+,23?/m0/s1. The Hall–Kier alpha value is -1.75. The number of rotatable bonds is 10. The van der Waals surface area contributed by atoms with Crippen LogP contribution in [0.3, 0.4) is 0 Å². The number of aliphatic hydroxyl groups is 1. The zero-order valence-electron chi connectivity index (χ0n) is 19.8. The topological polar surface area (TPSA) is 120 Å². The van der Waals surface area contributed by atoms with Crippen molar-refractivity contribution in [3.8, 4) is 0 Å². The third-order valence-corrected chi connectivity index (χ3v) is 8.10. The molecule has 33 heavy (non-hydrogen) atoms. The molecule has 1 spiro atoms. The van der Waals surface area contributed by atoms with Crippen LogP contribution in [0.2, 0.25) is 0 Å². The van der Waals surface area contributed by atoms with Crippen LogP contribution in [0.5, 0.6) is 0 Å². The number of hydrogen-bond acceptors (Lipinski definition) is 7. The molecular formula is C23H38N4O6. The second-order valence-electron chi connectivity index (χ2n) is 9.65. The fraction of sp³-hybridized carbons (Fsp3) is 0.870. The lowest BCUT2D eigenvalue weighted by molar-refractivity contribution is -0.147. The monoisotopic (exact) mass is 466 g/mol. The van der Waals surface area contributed by atoms with Crippen molar-refractivity contribution in [2.45, 2.75) is 56.3 Å². The third-order valence-electron chi connectivity index (χ3n) is 8.10. The van der Waals surface area contributed by atoms with Crippen LogP contribution in [0.4, 0.5) is 0 Å². The zero-order chi connectivity index (χ0) is 23.6. The maximum absolute atomic E-state index is 13.7. The molecular weight excluding hydrogens is 428 g/mol. The van der Waals surface area contributed by atoms with E-state index in [1.54, 1.807) is 11.9 Å². The number of likely N-dealkylation sites (tertiary alicyclic amines) is 1. The average molecular weight is 467 g/mol. The van der Waals surface area contributed by atoms with E-state index in [-0.39, 0.29) is 24.3 Å². The lowest BCUT2D eigenvalue weighted by Crippen LogP contribution is -2.56.